The number of rotatable bonds is 4. The number of aryl methyl sites for hydroxylation is 2. The highest BCUT2D eigenvalue weighted by atomic mass is 32.1. The SMILES string of the molecule is Cc1ccc(C)c(NC(=S)/C(=C(\O)c2ccc(F)cc2)[n+]2ccc(C(C)(C)C)cc2)c1. The second-order valence-electron chi connectivity index (χ2n) is 8.72. The van der Waals surface area contributed by atoms with E-state index in [2.05, 4.69) is 26.1 Å². The smallest absolute Gasteiger partial charge is 0.288 e. The second-order valence-corrected chi connectivity index (χ2v) is 9.13. The zero-order valence-corrected chi connectivity index (χ0v) is 19.3. The van der Waals surface area contributed by atoms with Crippen LogP contribution in [-0.2, 0) is 5.41 Å². The van der Waals surface area contributed by atoms with Gasteiger partial charge in [-0.3, -0.25) is 0 Å². The Bertz CT molecular complexity index is 1130. The lowest BCUT2D eigenvalue weighted by Crippen LogP contribution is -2.39. The molecule has 0 fully saturated rings. The van der Waals surface area contributed by atoms with E-state index in [0.29, 0.717) is 16.2 Å². The molecule has 0 saturated carbocycles. The molecular weight excluding hydrogens is 407 g/mol. The fraction of sp³-hybridized carbons (Fsp3) is 0.231. The zero-order valence-electron chi connectivity index (χ0n) is 18.5. The quantitative estimate of drug-likeness (QED) is 0.217. The normalized spacial score (nSPS) is 12.3. The van der Waals surface area contributed by atoms with Crippen molar-refractivity contribution < 1.29 is 14.1 Å². The van der Waals surface area contributed by atoms with Gasteiger partial charge in [-0.05, 0) is 66.3 Å². The van der Waals surface area contributed by atoms with Crippen LogP contribution in [0.1, 0.15) is 43.0 Å². The van der Waals surface area contributed by atoms with Gasteiger partial charge in [-0.25, -0.2) is 4.39 Å². The van der Waals surface area contributed by atoms with Gasteiger partial charge in [0.2, 0.25) is 0 Å². The van der Waals surface area contributed by atoms with Crippen LogP contribution in [0.25, 0.3) is 11.5 Å². The van der Waals surface area contributed by atoms with Crippen LogP contribution in [-0.4, -0.2) is 10.1 Å². The lowest BCUT2D eigenvalue weighted by atomic mass is 9.88. The third-order valence-corrected chi connectivity index (χ3v) is 5.45. The van der Waals surface area contributed by atoms with Gasteiger partial charge in [-0.15, -0.1) is 0 Å². The van der Waals surface area contributed by atoms with Crippen molar-refractivity contribution in [2.24, 2.45) is 0 Å². The van der Waals surface area contributed by atoms with Crippen molar-refractivity contribution in [2.45, 2.75) is 40.0 Å². The van der Waals surface area contributed by atoms with Crippen molar-refractivity contribution >= 4 is 34.3 Å². The number of nitrogens with one attached hydrogen (secondary N) is 1. The van der Waals surface area contributed by atoms with Gasteiger partial charge < -0.3 is 10.4 Å². The molecule has 5 heteroatoms. The molecular formula is C26H28FN2OS+. The van der Waals surface area contributed by atoms with Gasteiger partial charge in [0.25, 0.3) is 5.70 Å². The molecule has 0 atom stereocenters. The van der Waals surface area contributed by atoms with Crippen LogP contribution >= 0.6 is 12.2 Å². The zero-order chi connectivity index (χ0) is 22.8. The molecule has 1 heterocycles. The van der Waals surface area contributed by atoms with Crippen molar-refractivity contribution in [3.63, 3.8) is 0 Å². The van der Waals surface area contributed by atoms with Crippen molar-refractivity contribution in [1.29, 1.82) is 0 Å². The Morgan fingerprint density at radius 2 is 1.58 bits per heavy atom. The number of aromatic nitrogens is 1. The Hall–Kier alpha value is -3.05. The molecule has 0 unspecified atom stereocenters. The summed E-state index contributed by atoms with van der Waals surface area (Å²) in [5.74, 6) is -0.396. The largest absolute Gasteiger partial charge is 0.502 e. The summed E-state index contributed by atoms with van der Waals surface area (Å²) in [6.45, 7) is 10.4. The van der Waals surface area contributed by atoms with Crippen LogP contribution < -0.4 is 9.88 Å². The molecule has 1 aromatic heterocycles. The number of nitrogens with zero attached hydrogens (tertiary/aromatic N) is 1. The number of hydrogen-bond acceptors (Lipinski definition) is 2. The number of anilines is 1. The Labute approximate surface area is 188 Å². The standard InChI is InChI=1S/C26H27FN2OS/c1-17-6-7-18(2)22(16-17)28-25(31)23(24(30)19-8-10-21(27)11-9-19)29-14-12-20(13-15-29)26(3,4)5/h6-16H,1-5H3,(H-,28,30,31)/p+1. The Morgan fingerprint density at radius 1 is 0.968 bits per heavy atom. The Kier molecular flexibility index (Phi) is 6.56. The van der Waals surface area contributed by atoms with Crippen LogP contribution in [0.5, 0.6) is 0 Å². The van der Waals surface area contributed by atoms with E-state index < -0.39 is 0 Å². The van der Waals surface area contributed by atoms with E-state index in [0.717, 1.165) is 22.4 Å². The molecule has 0 aliphatic heterocycles. The van der Waals surface area contributed by atoms with Crippen molar-refractivity contribution in [3.05, 3.63) is 95.1 Å². The van der Waals surface area contributed by atoms with Crippen LogP contribution in [0.15, 0.2) is 67.0 Å². The maximum atomic E-state index is 13.4. The van der Waals surface area contributed by atoms with Gasteiger partial charge in [0, 0.05) is 23.4 Å². The molecule has 3 aromatic rings. The van der Waals surface area contributed by atoms with E-state index in [1.165, 1.54) is 24.3 Å². The molecule has 0 amide bonds. The van der Waals surface area contributed by atoms with Gasteiger partial charge in [0.15, 0.2) is 23.1 Å². The maximum absolute atomic E-state index is 13.4. The molecule has 31 heavy (non-hydrogen) atoms. The Morgan fingerprint density at radius 3 is 2.16 bits per heavy atom. The minimum atomic E-state index is -0.364. The molecule has 0 saturated heterocycles. The van der Waals surface area contributed by atoms with E-state index in [9.17, 15) is 9.50 Å². The number of hydrogen-bond donors (Lipinski definition) is 2. The summed E-state index contributed by atoms with van der Waals surface area (Å²) in [6, 6.07) is 15.8. The van der Waals surface area contributed by atoms with Crippen LogP contribution in [0.4, 0.5) is 10.1 Å². The number of aliphatic hydroxyl groups excluding tert-OH is 1. The predicted molar refractivity (Wildman–Crippen MR) is 130 cm³/mol. The highest BCUT2D eigenvalue weighted by Crippen LogP contribution is 2.24. The van der Waals surface area contributed by atoms with Crippen LogP contribution in [0, 0.1) is 19.7 Å². The number of pyridine rings is 1. The maximum Gasteiger partial charge on any atom is 0.288 e. The fourth-order valence-corrected chi connectivity index (χ4v) is 3.53. The molecule has 2 N–H and O–H groups in total. The highest BCUT2D eigenvalue weighted by Gasteiger charge is 2.25. The fourth-order valence-electron chi connectivity index (χ4n) is 3.22. The first-order chi connectivity index (χ1) is 14.6. The van der Waals surface area contributed by atoms with E-state index in [1.807, 2.05) is 56.6 Å². The van der Waals surface area contributed by atoms with E-state index in [-0.39, 0.29) is 17.0 Å². The van der Waals surface area contributed by atoms with E-state index >= 15 is 0 Å². The lowest BCUT2D eigenvalue weighted by molar-refractivity contribution is -0.575. The summed E-state index contributed by atoms with van der Waals surface area (Å²) >= 11 is 5.73. The van der Waals surface area contributed by atoms with Gasteiger partial charge in [0.1, 0.15) is 5.82 Å². The minimum absolute atomic E-state index is 0.000590. The molecule has 0 aliphatic rings. The van der Waals surface area contributed by atoms with Crippen LogP contribution in [0.3, 0.4) is 0 Å². The average Bonchev–Trinajstić information content (AvgIpc) is 2.71. The first-order valence-corrected chi connectivity index (χ1v) is 10.6. The molecule has 3 nitrogen and oxygen atoms in total. The molecule has 3 rings (SSSR count). The van der Waals surface area contributed by atoms with E-state index in [4.69, 9.17) is 12.2 Å². The number of aliphatic hydroxyl groups is 1. The molecule has 160 valence electrons. The average molecular weight is 436 g/mol. The van der Waals surface area contributed by atoms with E-state index in [1.54, 1.807) is 4.57 Å². The summed E-state index contributed by atoms with van der Waals surface area (Å²) in [6.07, 6.45) is 3.76. The Balaban J connectivity index is 2.10. The van der Waals surface area contributed by atoms with Crippen molar-refractivity contribution in [1.82, 2.24) is 0 Å². The third-order valence-electron chi connectivity index (χ3n) is 5.15. The lowest BCUT2D eigenvalue weighted by Gasteiger charge is -2.18. The molecule has 0 radical (unpaired) electrons. The van der Waals surface area contributed by atoms with Gasteiger partial charge in [-0.2, -0.15) is 4.57 Å². The number of benzene rings is 2. The molecule has 0 aliphatic carbocycles. The summed E-state index contributed by atoms with van der Waals surface area (Å²) in [5, 5.41) is 14.4. The van der Waals surface area contributed by atoms with Gasteiger partial charge in [-0.1, -0.05) is 45.1 Å². The number of halogens is 1. The summed E-state index contributed by atoms with van der Waals surface area (Å²) < 4.78 is 15.2. The first-order valence-electron chi connectivity index (χ1n) is 10.2. The summed E-state index contributed by atoms with van der Waals surface area (Å²) in [4.78, 5) is 0.365. The second kappa shape index (κ2) is 8.98. The molecule has 2 aromatic carbocycles. The molecule has 0 spiro atoms. The van der Waals surface area contributed by atoms with Crippen molar-refractivity contribution in [3.8, 4) is 0 Å². The van der Waals surface area contributed by atoms with Gasteiger partial charge >= 0.3 is 0 Å². The summed E-state index contributed by atoms with van der Waals surface area (Å²) in [7, 11) is 0. The van der Waals surface area contributed by atoms with Crippen LogP contribution in [0.2, 0.25) is 0 Å². The molecule has 0 bridgehead atoms. The van der Waals surface area contributed by atoms with Crippen molar-refractivity contribution in [2.75, 3.05) is 5.32 Å². The topological polar surface area (TPSA) is 36.1 Å². The third kappa shape index (κ3) is 5.36. The monoisotopic (exact) mass is 435 g/mol. The van der Waals surface area contributed by atoms with Gasteiger partial charge in [0.05, 0.1) is 0 Å². The first kappa shape index (κ1) is 22.6. The summed E-state index contributed by atoms with van der Waals surface area (Å²) in [5.41, 5.74) is 5.09. The highest BCUT2D eigenvalue weighted by molar-refractivity contribution is 7.81. The minimum Gasteiger partial charge on any atom is -0.502 e. The predicted octanol–water partition coefficient (Wildman–Crippen LogP) is 6.35. The number of thiocarbonyl (C=S) groups is 1.